The predicted molar refractivity (Wildman–Crippen MR) is 57.1 cm³/mol. The van der Waals surface area contributed by atoms with Crippen molar-refractivity contribution in [3.63, 3.8) is 0 Å². The van der Waals surface area contributed by atoms with E-state index in [4.69, 9.17) is 15.7 Å². The summed E-state index contributed by atoms with van der Waals surface area (Å²) in [4.78, 5) is 4.09. The first-order chi connectivity index (χ1) is 7.13. The van der Waals surface area contributed by atoms with Crippen LogP contribution in [0.3, 0.4) is 0 Å². The monoisotopic (exact) mass is 209 g/mol. The van der Waals surface area contributed by atoms with Crippen LogP contribution in [0.4, 0.5) is 0 Å². The molecule has 0 aliphatic carbocycles. The van der Waals surface area contributed by atoms with Crippen molar-refractivity contribution in [2.24, 2.45) is 10.9 Å². The molecule has 0 aliphatic rings. The first-order valence-electron chi connectivity index (χ1n) is 4.70. The van der Waals surface area contributed by atoms with Crippen LogP contribution >= 0.6 is 0 Å². The number of aromatic nitrogens is 1. The minimum atomic E-state index is 0.0472. The summed E-state index contributed by atoms with van der Waals surface area (Å²) >= 11 is 0. The minimum absolute atomic E-state index is 0.0472. The zero-order valence-electron chi connectivity index (χ0n) is 8.84. The molecule has 5 nitrogen and oxygen atoms in total. The summed E-state index contributed by atoms with van der Waals surface area (Å²) in [6, 6.07) is 3.62. The smallest absolute Gasteiger partial charge is 0.217 e. The van der Waals surface area contributed by atoms with Gasteiger partial charge in [0.1, 0.15) is 5.84 Å². The Bertz CT molecular complexity index is 350. The summed E-state index contributed by atoms with van der Waals surface area (Å²) in [6.07, 6.45) is 2.02. The topological polar surface area (TPSA) is 80.7 Å². The molecule has 82 valence electrons. The lowest BCUT2D eigenvalue weighted by atomic mass is 10.2. The fourth-order valence-corrected chi connectivity index (χ4v) is 1.12. The molecule has 1 heterocycles. The third-order valence-electron chi connectivity index (χ3n) is 1.70. The SMILES string of the molecule is CC(C)Oc1ncccc1C/C(N)=N/O. The molecule has 0 aliphatic heterocycles. The zero-order chi connectivity index (χ0) is 11.3. The quantitative estimate of drug-likeness (QED) is 0.337. The van der Waals surface area contributed by atoms with Crippen LogP contribution in [-0.4, -0.2) is 22.1 Å². The normalized spacial score (nSPS) is 11.8. The van der Waals surface area contributed by atoms with Crippen LogP contribution in [0.15, 0.2) is 23.5 Å². The summed E-state index contributed by atoms with van der Waals surface area (Å²) in [5.41, 5.74) is 6.23. The van der Waals surface area contributed by atoms with Crippen molar-refractivity contribution < 1.29 is 9.94 Å². The molecule has 0 saturated heterocycles. The summed E-state index contributed by atoms with van der Waals surface area (Å²) < 4.78 is 5.49. The second-order valence-electron chi connectivity index (χ2n) is 3.40. The lowest BCUT2D eigenvalue weighted by Gasteiger charge is -2.12. The van der Waals surface area contributed by atoms with E-state index in [-0.39, 0.29) is 11.9 Å². The molecular weight excluding hydrogens is 194 g/mol. The fourth-order valence-electron chi connectivity index (χ4n) is 1.12. The lowest BCUT2D eigenvalue weighted by molar-refractivity contribution is 0.230. The largest absolute Gasteiger partial charge is 0.475 e. The maximum Gasteiger partial charge on any atom is 0.217 e. The van der Waals surface area contributed by atoms with Crippen molar-refractivity contribution in [1.82, 2.24) is 4.98 Å². The van der Waals surface area contributed by atoms with E-state index in [1.165, 1.54) is 0 Å². The third-order valence-corrected chi connectivity index (χ3v) is 1.70. The Morgan fingerprint density at radius 3 is 3.00 bits per heavy atom. The molecule has 0 spiro atoms. The van der Waals surface area contributed by atoms with Gasteiger partial charge in [0.05, 0.1) is 6.10 Å². The Morgan fingerprint density at radius 2 is 2.40 bits per heavy atom. The van der Waals surface area contributed by atoms with Gasteiger partial charge in [-0.1, -0.05) is 11.2 Å². The molecule has 0 saturated carbocycles. The number of oxime groups is 1. The lowest BCUT2D eigenvalue weighted by Crippen LogP contribution is -2.17. The van der Waals surface area contributed by atoms with Crippen LogP contribution in [0, 0.1) is 0 Å². The minimum Gasteiger partial charge on any atom is -0.475 e. The van der Waals surface area contributed by atoms with E-state index in [1.54, 1.807) is 12.3 Å². The molecule has 0 fully saturated rings. The van der Waals surface area contributed by atoms with E-state index in [0.29, 0.717) is 12.3 Å². The van der Waals surface area contributed by atoms with Crippen molar-refractivity contribution in [2.75, 3.05) is 0 Å². The molecule has 1 aromatic heterocycles. The summed E-state index contributed by atoms with van der Waals surface area (Å²) in [5, 5.41) is 11.4. The predicted octanol–water partition coefficient (Wildman–Crippen LogP) is 1.16. The van der Waals surface area contributed by atoms with E-state index in [2.05, 4.69) is 10.1 Å². The van der Waals surface area contributed by atoms with Gasteiger partial charge in [-0.2, -0.15) is 0 Å². The van der Waals surface area contributed by atoms with Crippen molar-refractivity contribution >= 4 is 5.84 Å². The van der Waals surface area contributed by atoms with Gasteiger partial charge in [0.25, 0.3) is 0 Å². The third kappa shape index (κ3) is 3.46. The zero-order valence-corrected chi connectivity index (χ0v) is 8.84. The Balaban J connectivity index is 2.86. The highest BCUT2D eigenvalue weighted by Crippen LogP contribution is 2.16. The van der Waals surface area contributed by atoms with Crippen LogP contribution in [0.25, 0.3) is 0 Å². The molecule has 15 heavy (non-hydrogen) atoms. The fraction of sp³-hybridized carbons (Fsp3) is 0.400. The number of rotatable bonds is 4. The number of amidine groups is 1. The molecule has 3 N–H and O–H groups in total. The second kappa shape index (κ2) is 5.19. The maximum atomic E-state index is 8.47. The molecule has 0 unspecified atom stereocenters. The van der Waals surface area contributed by atoms with Gasteiger partial charge in [-0.3, -0.25) is 0 Å². The van der Waals surface area contributed by atoms with E-state index < -0.39 is 0 Å². The van der Waals surface area contributed by atoms with Crippen molar-refractivity contribution in [2.45, 2.75) is 26.4 Å². The van der Waals surface area contributed by atoms with Crippen molar-refractivity contribution in [3.8, 4) is 5.88 Å². The Kier molecular flexibility index (Phi) is 3.91. The Morgan fingerprint density at radius 1 is 1.67 bits per heavy atom. The van der Waals surface area contributed by atoms with E-state index in [0.717, 1.165) is 5.56 Å². The van der Waals surface area contributed by atoms with E-state index in [9.17, 15) is 0 Å². The Hall–Kier alpha value is -1.78. The molecule has 5 heteroatoms. The number of ether oxygens (including phenoxy) is 1. The van der Waals surface area contributed by atoms with Gasteiger partial charge in [0.2, 0.25) is 5.88 Å². The van der Waals surface area contributed by atoms with Crippen LogP contribution < -0.4 is 10.5 Å². The average Bonchev–Trinajstić information content (AvgIpc) is 2.20. The highest BCUT2D eigenvalue weighted by Gasteiger charge is 2.08. The van der Waals surface area contributed by atoms with Crippen LogP contribution in [-0.2, 0) is 6.42 Å². The number of nitrogens with two attached hydrogens (primary N) is 1. The van der Waals surface area contributed by atoms with Crippen LogP contribution in [0.5, 0.6) is 5.88 Å². The number of nitrogens with zero attached hydrogens (tertiary/aromatic N) is 2. The van der Waals surface area contributed by atoms with E-state index >= 15 is 0 Å². The highest BCUT2D eigenvalue weighted by molar-refractivity contribution is 5.82. The molecule has 1 rings (SSSR count). The van der Waals surface area contributed by atoms with Gasteiger partial charge >= 0.3 is 0 Å². The number of pyridine rings is 1. The summed E-state index contributed by atoms with van der Waals surface area (Å²) in [6.45, 7) is 3.84. The molecule has 0 bridgehead atoms. The van der Waals surface area contributed by atoms with Crippen molar-refractivity contribution in [3.05, 3.63) is 23.9 Å². The van der Waals surface area contributed by atoms with Crippen molar-refractivity contribution in [1.29, 1.82) is 0 Å². The summed E-state index contributed by atoms with van der Waals surface area (Å²) in [5.74, 6) is 0.663. The van der Waals surface area contributed by atoms with Crippen LogP contribution in [0.2, 0.25) is 0 Å². The van der Waals surface area contributed by atoms with Gasteiger partial charge in [0, 0.05) is 18.2 Å². The van der Waals surface area contributed by atoms with Gasteiger partial charge in [-0.25, -0.2) is 4.98 Å². The van der Waals surface area contributed by atoms with Gasteiger partial charge in [-0.15, -0.1) is 0 Å². The Labute approximate surface area is 88.6 Å². The molecule has 0 radical (unpaired) electrons. The molecule has 0 aromatic carbocycles. The number of hydrogen-bond acceptors (Lipinski definition) is 4. The van der Waals surface area contributed by atoms with Gasteiger partial charge < -0.3 is 15.7 Å². The summed E-state index contributed by atoms with van der Waals surface area (Å²) in [7, 11) is 0. The van der Waals surface area contributed by atoms with Gasteiger partial charge in [0.15, 0.2) is 0 Å². The van der Waals surface area contributed by atoms with Crippen LogP contribution in [0.1, 0.15) is 19.4 Å². The standard InChI is InChI=1S/C10H15N3O2/c1-7(2)15-10-8(4-3-5-12-10)6-9(11)13-14/h3-5,7,14H,6H2,1-2H3,(H2,11,13). The first-order valence-corrected chi connectivity index (χ1v) is 4.70. The van der Waals surface area contributed by atoms with Gasteiger partial charge in [-0.05, 0) is 19.9 Å². The van der Waals surface area contributed by atoms with E-state index in [1.807, 2.05) is 19.9 Å². The highest BCUT2D eigenvalue weighted by atomic mass is 16.5. The molecule has 1 aromatic rings. The molecule has 0 atom stereocenters. The first kappa shape index (κ1) is 11.3. The second-order valence-corrected chi connectivity index (χ2v) is 3.40. The molecular formula is C10H15N3O2. The average molecular weight is 209 g/mol. The molecule has 0 amide bonds. The number of hydrogen-bond donors (Lipinski definition) is 2. The maximum absolute atomic E-state index is 8.47.